The van der Waals surface area contributed by atoms with E-state index in [0.29, 0.717) is 0 Å². The van der Waals surface area contributed by atoms with Crippen LogP contribution < -0.4 is 0 Å². The quantitative estimate of drug-likeness (QED) is 0.583. The molecule has 0 unspecified atom stereocenters. The van der Waals surface area contributed by atoms with Crippen molar-refractivity contribution >= 4 is 0 Å². The molecular formula is C11H23N. The Morgan fingerprint density at radius 1 is 1.08 bits per heavy atom. The average Bonchev–Trinajstić information content (AvgIpc) is 1.99. The summed E-state index contributed by atoms with van der Waals surface area (Å²) in [4.78, 5) is 2.51. The zero-order valence-corrected chi connectivity index (χ0v) is 9.17. The first-order valence-electron chi connectivity index (χ1n) is 5.24. The summed E-state index contributed by atoms with van der Waals surface area (Å²) in [5.74, 6) is 1.81. The largest absolute Gasteiger partial charge is 0.301 e. The number of piperidine rings is 1. The molecule has 1 heterocycles. The standard InChI is InChI=1S/C11H23N/c1-8(2)11-6-9(3)12(5)10(4)7-11/h8-11H,6-7H2,1-5H3/t9-,10+,11-. The van der Waals surface area contributed by atoms with Gasteiger partial charge >= 0.3 is 0 Å². The summed E-state index contributed by atoms with van der Waals surface area (Å²) < 4.78 is 0. The first kappa shape index (κ1) is 10.0. The predicted octanol–water partition coefficient (Wildman–Crippen LogP) is 2.76. The van der Waals surface area contributed by atoms with Crippen LogP contribution in [0.2, 0.25) is 0 Å². The van der Waals surface area contributed by atoms with E-state index in [-0.39, 0.29) is 0 Å². The van der Waals surface area contributed by atoms with E-state index in [1.54, 1.807) is 0 Å². The number of nitrogens with zero attached hydrogens (tertiary/aromatic N) is 1. The third kappa shape index (κ3) is 2.01. The van der Waals surface area contributed by atoms with Gasteiger partial charge in [0.05, 0.1) is 0 Å². The molecule has 72 valence electrons. The second-order valence-electron chi connectivity index (χ2n) is 4.84. The summed E-state index contributed by atoms with van der Waals surface area (Å²) in [6, 6.07) is 1.56. The van der Waals surface area contributed by atoms with Crippen LogP contribution in [-0.4, -0.2) is 24.0 Å². The Kier molecular flexibility index (Phi) is 3.16. The van der Waals surface area contributed by atoms with E-state index in [9.17, 15) is 0 Å². The van der Waals surface area contributed by atoms with Crippen molar-refractivity contribution < 1.29 is 0 Å². The predicted molar refractivity (Wildman–Crippen MR) is 54.2 cm³/mol. The van der Waals surface area contributed by atoms with E-state index in [1.807, 2.05) is 0 Å². The van der Waals surface area contributed by atoms with Crippen LogP contribution in [0.5, 0.6) is 0 Å². The highest BCUT2D eigenvalue weighted by Gasteiger charge is 2.29. The molecule has 0 bridgehead atoms. The summed E-state index contributed by atoms with van der Waals surface area (Å²) in [5, 5.41) is 0. The van der Waals surface area contributed by atoms with Crippen molar-refractivity contribution in [2.75, 3.05) is 7.05 Å². The Morgan fingerprint density at radius 2 is 1.50 bits per heavy atom. The van der Waals surface area contributed by atoms with Crippen LogP contribution in [0.15, 0.2) is 0 Å². The molecule has 0 aromatic rings. The van der Waals surface area contributed by atoms with Crippen molar-refractivity contribution in [1.29, 1.82) is 0 Å². The fourth-order valence-electron chi connectivity index (χ4n) is 2.28. The summed E-state index contributed by atoms with van der Waals surface area (Å²) in [5.41, 5.74) is 0. The van der Waals surface area contributed by atoms with E-state index in [4.69, 9.17) is 0 Å². The zero-order valence-electron chi connectivity index (χ0n) is 9.17. The van der Waals surface area contributed by atoms with E-state index >= 15 is 0 Å². The SMILES string of the molecule is CC(C)[C@@H]1C[C@@H](C)N(C)[C@@H](C)C1. The van der Waals surface area contributed by atoms with Crippen LogP contribution in [0.4, 0.5) is 0 Å². The molecule has 0 aromatic carbocycles. The van der Waals surface area contributed by atoms with Gasteiger partial charge in [0.2, 0.25) is 0 Å². The minimum Gasteiger partial charge on any atom is -0.301 e. The lowest BCUT2D eigenvalue weighted by Gasteiger charge is -2.41. The molecule has 0 N–H and O–H groups in total. The van der Waals surface area contributed by atoms with Gasteiger partial charge in [-0.05, 0) is 45.6 Å². The average molecular weight is 169 g/mol. The Hall–Kier alpha value is -0.0400. The van der Waals surface area contributed by atoms with Gasteiger partial charge in [0, 0.05) is 12.1 Å². The van der Waals surface area contributed by atoms with Gasteiger partial charge in [-0.3, -0.25) is 0 Å². The smallest absolute Gasteiger partial charge is 0.00694 e. The van der Waals surface area contributed by atoms with Crippen molar-refractivity contribution in [3.63, 3.8) is 0 Å². The van der Waals surface area contributed by atoms with Crippen LogP contribution in [0.25, 0.3) is 0 Å². The van der Waals surface area contributed by atoms with Crippen molar-refractivity contribution in [3.05, 3.63) is 0 Å². The highest BCUT2D eigenvalue weighted by atomic mass is 15.2. The maximum absolute atomic E-state index is 2.51. The molecule has 1 heteroatoms. The van der Waals surface area contributed by atoms with E-state index in [2.05, 4.69) is 39.6 Å². The second kappa shape index (κ2) is 3.78. The molecule has 1 aliphatic heterocycles. The molecular weight excluding hydrogens is 146 g/mol. The molecule has 0 aliphatic carbocycles. The van der Waals surface area contributed by atoms with Crippen molar-refractivity contribution in [2.24, 2.45) is 11.8 Å². The molecule has 1 rings (SSSR count). The molecule has 1 nitrogen and oxygen atoms in total. The molecule has 0 amide bonds. The minimum absolute atomic E-state index is 0.779. The van der Waals surface area contributed by atoms with Crippen molar-refractivity contribution in [1.82, 2.24) is 4.90 Å². The number of rotatable bonds is 1. The van der Waals surface area contributed by atoms with Gasteiger partial charge in [0.1, 0.15) is 0 Å². The molecule has 0 aromatic heterocycles. The van der Waals surface area contributed by atoms with Gasteiger partial charge in [0.15, 0.2) is 0 Å². The molecule has 0 radical (unpaired) electrons. The molecule has 3 atom stereocenters. The van der Waals surface area contributed by atoms with Gasteiger partial charge in [0.25, 0.3) is 0 Å². The van der Waals surface area contributed by atoms with Crippen molar-refractivity contribution in [3.8, 4) is 0 Å². The van der Waals surface area contributed by atoms with E-state index in [0.717, 1.165) is 23.9 Å². The Labute approximate surface area is 77.1 Å². The first-order chi connectivity index (χ1) is 5.52. The molecule has 1 saturated heterocycles. The lowest BCUT2D eigenvalue weighted by molar-refractivity contribution is 0.0789. The zero-order chi connectivity index (χ0) is 9.30. The van der Waals surface area contributed by atoms with Crippen LogP contribution in [0.1, 0.15) is 40.5 Å². The maximum Gasteiger partial charge on any atom is 0.00694 e. The van der Waals surface area contributed by atoms with Crippen LogP contribution in [-0.2, 0) is 0 Å². The second-order valence-corrected chi connectivity index (χ2v) is 4.84. The molecule has 1 fully saturated rings. The van der Waals surface area contributed by atoms with Gasteiger partial charge in [-0.25, -0.2) is 0 Å². The van der Waals surface area contributed by atoms with Gasteiger partial charge in [-0.15, -0.1) is 0 Å². The molecule has 1 aliphatic rings. The van der Waals surface area contributed by atoms with Gasteiger partial charge in [-0.2, -0.15) is 0 Å². The molecule has 0 saturated carbocycles. The highest BCUT2D eigenvalue weighted by Crippen LogP contribution is 2.31. The molecule has 12 heavy (non-hydrogen) atoms. The topological polar surface area (TPSA) is 3.24 Å². The fourth-order valence-corrected chi connectivity index (χ4v) is 2.28. The van der Waals surface area contributed by atoms with Crippen LogP contribution in [0.3, 0.4) is 0 Å². The Balaban J connectivity index is 2.53. The molecule has 0 spiro atoms. The maximum atomic E-state index is 2.51. The lowest BCUT2D eigenvalue weighted by atomic mass is 9.80. The van der Waals surface area contributed by atoms with E-state index in [1.165, 1.54) is 12.8 Å². The highest BCUT2D eigenvalue weighted by molar-refractivity contribution is 4.83. The van der Waals surface area contributed by atoms with E-state index < -0.39 is 0 Å². The number of likely N-dealkylation sites (tertiary alicyclic amines) is 1. The van der Waals surface area contributed by atoms with Crippen LogP contribution in [0, 0.1) is 11.8 Å². The summed E-state index contributed by atoms with van der Waals surface area (Å²) >= 11 is 0. The Bertz CT molecular complexity index is 130. The summed E-state index contributed by atoms with van der Waals surface area (Å²) in [6.45, 7) is 9.42. The lowest BCUT2D eigenvalue weighted by Crippen LogP contribution is -2.44. The minimum atomic E-state index is 0.779. The first-order valence-corrected chi connectivity index (χ1v) is 5.24. The fraction of sp³-hybridized carbons (Fsp3) is 1.00. The van der Waals surface area contributed by atoms with Crippen LogP contribution >= 0.6 is 0 Å². The number of hydrogen-bond acceptors (Lipinski definition) is 1. The van der Waals surface area contributed by atoms with Gasteiger partial charge in [-0.1, -0.05) is 13.8 Å². The third-order valence-electron chi connectivity index (χ3n) is 3.62. The summed E-state index contributed by atoms with van der Waals surface area (Å²) in [7, 11) is 2.26. The van der Waals surface area contributed by atoms with Crippen molar-refractivity contribution in [2.45, 2.75) is 52.6 Å². The van der Waals surface area contributed by atoms with Gasteiger partial charge < -0.3 is 4.90 Å². The third-order valence-corrected chi connectivity index (χ3v) is 3.62. The normalized spacial score (nSPS) is 39.0. The Morgan fingerprint density at radius 3 is 1.83 bits per heavy atom. The number of hydrogen-bond donors (Lipinski definition) is 0. The monoisotopic (exact) mass is 169 g/mol. The summed E-state index contributed by atoms with van der Waals surface area (Å²) in [6.07, 6.45) is 2.77.